The van der Waals surface area contributed by atoms with E-state index in [2.05, 4.69) is 70.7 Å². The Morgan fingerprint density at radius 2 is 1.93 bits per heavy atom. The molecule has 1 atom stereocenters. The predicted molar refractivity (Wildman–Crippen MR) is 172 cm³/mol. The van der Waals surface area contributed by atoms with Gasteiger partial charge in [0.15, 0.2) is 0 Å². The first-order valence-corrected chi connectivity index (χ1v) is 16.0. The number of carbonyl (C=O) groups is 1. The lowest BCUT2D eigenvalue weighted by Gasteiger charge is -2.42. The molecule has 234 valence electrons. The molecule has 45 heavy (non-hydrogen) atoms. The van der Waals surface area contributed by atoms with E-state index in [1.165, 1.54) is 28.1 Å². The molecule has 10 heteroatoms. The number of likely N-dealkylation sites (tertiary alicyclic amines) is 1. The smallest absolute Gasteiger partial charge is 0.318 e. The Morgan fingerprint density at radius 1 is 1.13 bits per heavy atom. The molecule has 4 heterocycles. The average Bonchev–Trinajstić information content (AvgIpc) is 3.81. The highest BCUT2D eigenvalue weighted by molar-refractivity contribution is 5.97. The molecule has 2 saturated heterocycles. The van der Waals surface area contributed by atoms with Crippen LogP contribution in [0.25, 0.3) is 10.8 Å². The Balaban J connectivity index is 1.19. The quantitative estimate of drug-likeness (QED) is 0.330. The van der Waals surface area contributed by atoms with Crippen molar-refractivity contribution in [3.05, 3.63) is 65.9 Å². The summed E-state index contributed by atoms with van der Waals surface area (Å²) in [6, 6.07) is 15.2. The molecule has 2 aromatic carbocycles. The first-order valence-electron chi connectivity index (χ1n) is 16.0. The number of benzene rings is 2. The lowest BCUT2D eigenvalue weighted by molar-refractivity contribution is -0.128. The maximum Gasteiger partial charge on any atom is 0.318 e. The third-order valence-corrected chi connectivity index (χ3v) is 9.96. The number of hydrogen-bond acceptors (Lipinski definition) is 8. The van der Waals surface area contributed by atoms with Crippen molar-refractivity contribution in [1.29, 1.82) is 5.26 Å². The van der Waals surface area contributed by atoms with Crippen LogP contribution in [-0.4, -0.2) is 90.3 Å². The molecule has 1 aliphatic carbocycles. The highest BCUT2D eigenvalue weighted by atomic mass is 19.1. The van der Waals surface area contributed by atoms with E-state index in [0.29, 0.717) is 51.9 Å². The lowest BCUT2D eigenvalue weighted by atomic mass is 9.99. The number of rotatable bonds is 9. The number of amides is 1. The summed E-state index contributed by atoms with van der Waals surface area (Å²) in [5, 5.41) is 12.0. The standard InChI is InChI=1S/C35H40FN7O2/c1-3-31(44)43-17-16-42(20-27(43)10-14-37)33-28-11-15-41(30-9-5-8-25-7-4-6-24(2)32(25)30)21-29(28)38-34(39-33)45-23-35(12-13-35)22-40-18-26(36)19-40/h3-9,26-27H,1,10-13,15-23H2,2H3. The number of alkyl halides is 1. The molecule has 3 aromatic rings. The molecule has 0 spiro atoms. The van der Waals surface area contributed by atoms with Gasteiger partial charge in [-0.15, -0.1) is 0 Å². The number of ether oxygens (including phenoxy) is 1. The Hall–Kier alpha value is -4.23. The Labute approximate surface area is 263 Å². The lowest BCUT2D eigenvalue weighted by Crippen LogP contribution is -2.55. The van der Waals surface area contributed by atoms with Crippen molar-refractivity contribution in [3.8, 4) is 12.1 Å². The van der Waals surface area contributed by atoms with Crippen LogP contribution in [0.3, 0.4) is 0 Å². The van der Waals surface area contributed by atoms with Gasteiger partial charge in [-0.1, -0.05) is 36.9 Å². The van der Waals surface area contributed by atoms with Gasteiger partial charge in [0.05, 0.1) is 37.4 Å². The minimum Gasteiger partial charge on any atom is -0.463 e. The third-order valence-electron chi connectivity index (χ3n) is 9.96. The van der Waals surface area contributed by atoms with Crippen LogP contribution >= 0.6 is 0 Å². The molecule has 1 aromatic heterocycles. The molecule has 9 nitrogen and oxygen atoms in total. The summed E-state index contributed by atoms with van der Waals surface area (Å²) < 4.78 is 19.9. The van der Waals surface area contributed by atoms with Gasteiger partial charge in [-0.2, -0.15) is 15.2 Å². The van der Waals surface area contributed by atoms with E-state index in [-0.39, 0.29) is 23.8 Å². The monoisotopic (exact) mass is 609 g/mol. The highest BCUT2D eigenvalue weighted by Gasteiger charge is 2.47. The molecular formula is C35H40FN7O2. The van der Waals surface area contributed by atoms with Crippen LogP contribution < -0.4 is 14.5 Å². The summed E-state index contributed by atoms with van der Waals surface area (Å²) in [6.45, 7) is 11.2. The maximum atomic E-state index is 13.5. The molecule has 7 rings (SSSR count). The summed E-state index contributed by atoms with van der Waals surface area (Å²) in [4.78, 5) is 31.1. The number of halogens is 1. The van der Waals surface area contributed by atoms with Crippen molar-refractivity contribution >= 4 is 28.2 Å². The van der Waals surface area contributed by atoms with E-state index in [0.717, 1.165) is 49.4 Å². The van der Waals surface area contributed by atoms with Crippen LogP contribution in [0.4, 0.5) is 15.9 Å². The fraction of sp³-hybridized carbons (Fsp3) is 0.486. The summed E-state index contributed by atoms with van der Waals surface area (Å²) in [7, 11) is 0. The largest absolute Gasteiger partial charge is 0.463 e. The van der Waals surface area contributed by atoms with Crippen molar-refractivity contribution in [2.75, 3.05) is 62.2 Å². The second-order valence-corrected chi connectivity index (χ2v) is 13.2. The number of anilines is 2. The van der Waals surface area contributed by atoms with E-state index in [4.69, 9.17) is 14.7 Å². The molecule has 4 aliphatic rings. The number of nitriles is 1. The molecule has 1 saturated carbocycles. The molecular weight excluding hydrogens is 569 g/mol. The summed E-state index contributed by atoms with van der Waals surface area (Å²) in [5.74, 6) is 0.686. The minimum atomic E-state index is -0.714. The van der Waals surface area contributed by atoms with Crippen LogP contribution in [0.2, 0.25) is 0 Å². The second-order valence-electron chi connectivity index (χ2n) is 13.2. The van der Waals surface area contributed by atoms with Crippen LogP contribution in [0, 0.1) is 23.7 Å². The zero-order valence-electron chi connectivity index (χ0n) is 25.9. The number of carbonyl (C=O) groups excluding carboxylic acids is 1. The molecule has 1 amide bonds. The van der Waals surface area contributed by atoms with Crippen LogP contribution in [-0.2, 0) is 17.8 Å². The van der Waals surface area contributed by atoms with E-state index in [9.17, 15) is 14.4 Å². The molecule has 3 fully saturated rings. The van der Waals surface area contributed by atoms with E-state index in [1.54, 1.807) is 4.90 Å². The van der Waals surface area contributed by atoms with Gasteiger partial charge in [0.2, 0.25) is 5.91 Å². The number of hydrogen-bond donors (Lipinski definition) is 0. The first kappa shape index (κ1) is 29.5. The number of piperazine rings is 1. The third kappa shape index (κ3) is 5.82. The van der Waals surface area contributed by atoms with Crippen LogP contribution in [0.5, 0.6) is 6.01 Å². The van der Waals surface area contributed by atoms with Gasteiger partial charge in [0, 0.05) is 67.9 Å². The summed E-state index contributed by atoms with van der Waals surface area (Å²) >= 11 is 0. The van der Waals surface area contributed by atoms with E-state index < -0.39 is 6.17 Å². The predicted octanol–water partition coefficient (Wildman–Crippen LogP) is 4.43. The fourth-order valence-corrected chi connectivity index (χ4v) is 7.28. The second kappa shape index (κ2) is 11.9. The van der Waals surface area contributed by atoms with Crippen molar-refractivity contribution in [1.82, 2.24) is 19.8 Å². The minimum absolute atomic E-state index is 0.0284. The molecule has 1 unspecified atom stereocenters. The molecule has 0 radical (unpaired) electrons. The van der Waals surface area contributed by atoms with E-state index >= 15 is 0 Å². The van der Waals surface area contributed by atoms with Gasteiger partial charge in [-0.25, -0.2) is 4.39 Å². The van der Waals surface area contributed by atoms with Gasteiger partial charge in [-0.3, -0.25) is 9.69 Å². The van der Waals surface area contributed by atoms with Gasteiger partial charge in [0.25, 0.3) is 0 Å². The normalized spacial score (nSPS) is 21.2. The van der Waals surface area contributed by atoms with Crippen LogP contribution in [0.1, 0.15) is 36.1 Å². The number of aryl methyl sites for hydroxylation is 1. The highest BCUT2D eigenvalue weighted by Crippen LogP contribution is 2.47. The number of nitrogens with zero attached hydrogens (tertiary/aromatic N) is 7. The summed E-state index contributed by atoms with van der Waals surface area (Å²) in [5.41, 5.74) is 4.52. The maximum absolute atomic E-state index is 13.5. The summed E-state index contributed by atoms with van der Waals surface area (Å²) in [6.07, 6.45) is 3.73. The van der Waals surface area contributed by atoms with Gasteiger partial charge in [0.1, 0.15) is 12.0 Å². The Kier molecular flexibility index (Phi) is 7.82. The van der Waals surface area contributed by atoms with Gasteiger partial charge in [-0.05, 0) is 49.3 Å². The molecule has 0 bridgehead atoms. The van der Waals surface area contributed by atoms with E-state index in [1.807, 2.05) is 0 Å². The fourth-order valence-electron chi connectivity index (χ4n) is 7.28. The SMILES string of the molecule is C=CC(=O)N1CCN(c2nc(OCC3(CN4CC(F)C4)CC3)nc3c2CCN(c2cccc4cccc(C)c24)C3)CC1CC#N. The van der Waals surface area contributed by atoms with Gasteiger partial charge < -0.3 is 19.4 Å². The Morgan fingerprint density at radius 3 is 2.67 bits per heavy atom. The average molecular weight is 610 g/mol. The molecule has 0 N–H and O–H groups in total. The first-order chi connectivity index (χ1) is 21.9. The van der Waals surface area contributed by atoms with Crippen molar-refractivity contribution in [3.63, 3.8) is 0 Å². The zero-order chi connectivity index (χ0) is 31.1. The van der Waals surface area contributed by atoms with Crippen molar-refractivity contribution in [2.45, 2.75) is 51.4 Å². The van der Waals surface area contributed by atoms with Gasteiger partial charge >= 0.3 is 6.01 Å². The topological polar surface area (TPSA) is 88.8 Å². The number of fused-ring (bicyclic) bond motifs is 2. The van der Waals surface area contributed by atoms with Crippen LogP contribution in [0.15, 0.2) is 49.1 Å². The Bertz CT molecular complexity index is 1660. The zero-order valence-corrected chi connectivity index (χ0v) is 25.9. The molecule has 3 aliphatic heterocycles. The number of aromatic nitrogens is 2. The van der Waals surface area contributed by atoms with Crippen molar-refractivity contribution < 1.29 is 13.9 Å². The van der Waals surface area contributed by atoms with Crippen molar-refractivity contribution in [2.24, 2.45) is 5.41 Å².